The average molecular weight is 266 g/mol. The van der Waals surface area contributed by atoms with E-state index in [1.54, 1.807) is 13.0 Å². The molecule has 0 saturated carbocycles. The third-order valence-corrected chi connectivity index (χ3v) is 3.41. The Morgan fingerprint density at radius 2 is 1.65 bits per heavy atom. The molecule has 0 N–H and O–H groups in total. The van der Waals surface area contributed by atoms with Gasteiger partial charge in [0.2, 0.25) is 0 Å². The Kier molecular flexibility index (Phi) is 3.03. The van der Waals surface area contributed by atoms with Crippen molar-refractivity contribution in [3.05, 3.63) is 70.1 Å². The number of para-hydroxylation sites is 1. The summed E-state index contributed by atoms with van der Waals surface area (Å²) in [6.07, 6.45) is 0. The molecule has 3 nitrogen and oxygen atoms in total. The lowest BCUT2D eigenvalue weighted by Crippen LogP contribution is -2.05. The minimum atomic E-state index is -0.299. The summed E-state index contributed by atoms with van der Waals surface area (Å²) in [6, 6.07) is 15.0. The molecular weight excluding hydrogens is 252 g/mol. The van der Waals surface area contributed by atoms with E-state index in [4.69, 9.17) is 9.15 Å². The van der Waals surface area contributed by atoms with Crippen LogP contribution in [0.15, 0.2) is 57.7 Å². The molecule has 1 heterocycles. The van der Waals surface area contributed by atoms with Crippen molar-refractivity contribution in [1.29, 1.82) is 0 Å². The topological polar surface area (TPSA) is 39.4 Å². The summed E-state index contributed by atoms with van der Waals surface area (Å²) in [5.41, 5.74) is 1.84. The zero-order chi connectivity index (χ0) is 14.1. The normalized spacial score (nSPS) is 10.7. The van der Waals surface area contributed by atoms with Gasteiger partial charge in [0.1, 0.15) is 17.1 Å². The van der Waals surface area contributed by atoms with Gasteiger partial charge in [-0.1, -0.05) is 18.2 Å². The van der Waals surface area contributed by atoms with Gasteiger partial charge >= 0.3 is 5.63 Å². The van der Waals surface area contributed by atoms with E-state index >= 15 is 0 Å². The maximum atomic E-state index is 11.7. The van der Waals surface area contributed by atoms with Gasteiger partial charge < -0.3 is 9.15 Å². The van der Waals surface area contributed by atoms with E-state index in [2.05, 4.69) is 0 Å². The molecule has 1 aromatic heterocycles. The molecule has 0 spiro atoms. The van der Waals surface area contributed by atoms with Crippen LogP contribution in [0.5, 0.6) is 11.5 Å². The van der Waals surface area contributed by atoms with Crippen LogP contribution in [-0.2, 0) is 0 Å². The van der Waals surface area contributed by atoms with Crippen molar-refractivity contribution in [2.75, 3.05) is 0 Å². The first-order valence-electron chi connectivity index (χ1n) is 6.42. The fourth-order valence-electron chi connectivity index (χ4n) is 2.12. The molecule has 0 saturated heterocycles. The van der Waals surface area contributed by atoms with Crippen LogP contribution in [0.3, 0.4) is 0 Å². The van der Waals surface area contributed by atoms with E-state index in [9.17, 15) is 4.79 Å². The Balaban J connectivity index is 2.07. The van der Waals surface area contributed by atoms with Gasteiger partial charge in [-0.15, -0.1) is 0 Å². The zero-order valence-corrected chi connectivity index (χ0v) is 11.3. The number of fused-ring (bicyclic) bond motifs is 1. The van der Waals surface area contributed by atoms with E-state index in [0.717, 1.165) is 16.7 Å². The summed E-state index contributed by atoms with van der Waals surface area (Å²) < 4.78 is 11.1. The highest BCUT2D eigenvalue weighted by atomic mass is 16.5. The lowest BCUT2D eigenvalue weighted by atomic mass is 10.1. The molecular formula is C17H14O3. The highest BCUT2D eigenvalue weighted by Gasteiger charge is 2.08. The van der Waals surface area contributed by atoms with Crippen LogP contribution in [0.4, 0.5) is 0 Å². The Labute approximate surface area is 116 Å². The number of aryl methyl sites for hydroxylation is 1. The largest absolute Gasteiger partial charge is 0.457 e. The second kappa shape index (κ2) is 4.85. The number of ether oxygens (including phenoxy) is 1. The number of hydrogen-bond donors (Lipinski definition) is 0. The Hall–Kier alpha value is -2.55. The van der Waals surface area contributed by atoms with Crippen LogP contribution in [0.25, 0.3) is 11.0 Å². The van der Waals surface area contributed by atoms with Gasteiger partial charge in [0.25, 0.3) is 0 Å². The average Bonchev–Trinajstić information content (AvgIpc) is 2.46. The fraction of sp³-hybridized carbons (Fsp3) is 0.118. The molecule has 0 fully saturated rings. The van der Waals surface area contributed by atoms with Crippen molar-refractivity contribution < 1.29 is 9.15 Å². The van der Waals surface area contributed by atoms with Crippen molar-refractivity contribution in [1.82, 2.24) is 0 Å². The molecule has 3 heteroatoms. The Morgan fingerprint density at radius 1 is 0.900 bits per heavy atom. The van der Waals surface area contributed by atoms with Crippen molar-refractivity contribution in [2.45, 2.75) is 13.8 Å². The highest BCUT2D eigenvalue weighted by molar-refractivity contribution is 5.82. The third-order valence-electron chi connectivity index (χ3n) is 3.41. The summed E-state index contributed by atoms with van der Waals surface area (Å²) in [4.78, 5) is 11.7. The molecule has 0 bridgehead atoms. The zero-order valence-electron chi connectivity index (χ0n) is 11.3. The van der Waals surface area contributed by atoms with E-state index in [1.165, 1.54) is 0 Å². The maximum Gasteiger partial charge on any atom is 0.339 e. The lowest BCUT2D eigenvalue weighted by Gasteiger charge is -2.08. The quantitative estimate of drug-likeness (QED) is 0.652. The van der Waals surface area contributed by atoms with Gasteiger partial charge in [-0.3, -0.25) is 0 Å². The van der Waals surface area contributed by atoms with E-state index < -0.39 is 0 Å². The van der Waals surface area contributed by atoms with Crippen LogP contribution in [-0.4, -0.2) is 0 Å². The van der Waals surface area contributed by atoms with Crippen molar-refractivity contribution in [2.24, 2.45) is 0 Å². The second-order valence-electron chi connectivity index (χ2n) is 4.71. The summed E-state index contributed by atoms with van der Waals surface area (Å²) in [7, 11) is 0. The predicted octanol–water partition coefficient (Wildman–Crippen LogP) is 4.20. The monoisotopic (exact) mass is 266 g/mol. The Morgan fingerprint density at radius 3 is 2.40 bits per heavy atom. The second-order valence-corrected chi connectivity index (χ2v) is 4.71. The van der Waals surface area contributed by atoms with Crippen molar-refractivity contribution in [3.63, 3.8) is 0 Å². The predicted molar refractivity (Wildman–Crippen MR) is 78.5 cm³/mol. The van der Waals surface area contributed by atoms with Crippen molar-refractivity contribution >= 4 is 11.0 Å². The molecule has 20 heavy (non-hydrogen) atoms. The minimum Gasteiger partial charge on any atom is -0.457 e. The fourth-order valence-corrected chi connectivity index (χ4v) is 2.12. The SMILES string of the molecule is Cc1c(C)c2ccc(Oc3ccccc3)cc2oc1=O. The first kappa shape index (κ1) is 12.5. The van der Waals surface area contributed by atoms with Crippen LogP contribution < -0.4 is 10.4 Å². The standard InChI is InChI=1S/C17H14O3/c1-11-12(2)17(18)20-16-10-14(8-9-15(11)16)19-13-6-4-3-5-7-13/h3-10H,1-2H3. The molecule has 2 aromatic carbocycles. The van der Waals surface area contributed by atoms with E-state index in [-0.39, 0.29) is 5.63 Å². The van der Waals surface area contributed by atoms with E-state index in [1.807, 2.05) is 49.4 Å². The number of rotatable bonds is 2. The van der Waals surface area contributed by atoms with Crippen LogP contribution in [0.1, 0.15) is 11.1 Å². The van der Waals surface area contributed by atoms with Gasteiger partial charge in [0, 0.05) is 17.0 Å². The molecule has 0 amide bonds. The van der Waals surface area contributed by atoms with Crippen molar-refractivity contribution in [3.8, 4) is 11.5 Å². The first-order chi connectivity index (χ1) is 9.65. The molecule has 0 aliphatic carbocycles. The number of hydrogen-bond acceptors (Lipinski definition) is 3. The third kappa shape index (κ3) is 2.18. The number of benzene rings is 2. The van der Waals surface area contributed by atoms with Gasteiger partial charge in [0.15, 0.2) is 0 Å². The van der Waals surface area contributed by atoms with Gasteiger partial charge in [-0.25, -0.2) is 4.79 Å². The lowest BCUT2D eigenvalue weighted by molar-refractivity contribution is 0.480. The van der Waals surface area contributed by atoms with Gasteiger partial charge in [-0.05, 0) is 43.7 Å². The smallest absolute Gasteiger partial charge is 0.339 e. The molecule has 0 aliphatic heterocycles. The highest BCUT2D eigenvalue weighted by Crippen LogP contribution is 2.27. The Bertz CT molecular complexity index is 817. The summed E-state index contributed by atoms with van der Waals surface area (Å²) in [5.74, 6) is 1.40. The van der Waals surface area contributed by atoms with Crippen LogP contribution >= 0.6 is 0 Å². The van der Waals surface area contributed by atoms with E-state index in [0.29, 0.717) is 16.9 Å². The molecule has 100 valence electrons. The molecule has 3 aromatic rings. The molecule has 3 rings (SSSR count). The maximum absolute atomic E-state index is 11.7. The van der Waals surface area contributed by atoms with Gasteiger partial charge in [-0.2, -0.15) is 0 Å². The molecule has 0 radical (unpaired) electrons. The van der Waals surface area contributed by atoms with Crippen LogP contribution in [0.2, 0.25) is 0 Å². The molecule has 0 aliphatic rings. The molecule has 0 unspecified atom stereocenters. The summed E-state index contributed by atoms with van der Waals surface area (Å²) in [6.45, 7) is 3.70. The minimum absolute atomic E-state index is 0.299. The van der Waals surface area contributed by atoms with Crippen LogP contribution in [0, 0.1) is 13.8 Å². The summed E-state index contributed by atoms with van der Waals surface area (Å²) >= 11 is 0. The molecule has 0 atom stereocenters. The first-order valence-corrected chi connectivity index (χ1v) is 6.42. The summed E-state index contributed by atoms with van der Waals surface area (Å²) in [5, 5.41) is 0.933. The van der Waals surface area contributed by atoms with Gasteiger partial charge in [0.05, 0.1) is 0 Å².